The summed E-state index contributed by atoms with van der Waals surface area (Å²) in [5, 5.41) is 3.05. The Kier molecular flexibility index (Phi) is 6.83. The summed E-state index contributed by atoms with van der Waals surface area (Å²) in [6.07, 6.45) is 0. The van der Waals surface area contributed by atoms with E-state index in [0.29, 0.717) is 18.8 Å². The fourth-order valence-corrected chi connectivity index (χ4v) is 2.87. The maximum atomic E-state index is 12.3. The standard InChI is InChI=1S/C20H26N2O3/c1-15(16-9-6-5-7-10-16)21-19(23)14-22(2)13-17-11-8-12-18(24-3)20(17)25-4/h5-12,15H,13-14H2,1-4H3,(H,21,23)/p+1/t15-/m0/s1. The third-order valence-corrected chi connectivity index (χ3v) is 4.12. The molecule has 0 aliphatic heterocycles. The number of benzene rings is 2. The monoisotopic (exact) mass is 343 g/mol. The van der Waals surface area contributed by atoms with Gasteiger partial charge in [-0.2, -0.15) is 0 Å². The van der Waals surface area contributed by atoms with Crippen LogP contribution in [0.3, 0.4) is 0 Å². The number of amides is 1. The molecule has 2 N–H and O–H groups in total. The van der Waals surface area contributed by atoms with Crippen molar-refractivity contribution < 1.29 is 19.2 Å². The molecule has 0 saturated carbocycles. The van der Waals surface area contributed by atoms with E-state index in [1.807, 2.05) is 62.5 Å². The summed E-state index contributed by atoms with van der Waals surface area (Å²) in [7, 11) is 5.24. The third kappa shape index (κ3) is 5.22. The van der Waals surface area contributed by atoms with E-state index in [4.69, 9.17) is 9.47 Å². The Labute approximate surface area is 149 Å². The molecule has 2 aromatic carbocycles. The van der Waals surface area contributed by atoms with E-state index in [1.165, 1.54) is 0 Å². The van der Waals surface area contributed by atoms with Gasteiger partial charge in [0, 0.05) is 0 Å². The Balaban J connectivity index is 1.94. The van der Waals surface area contributed by atoms with Gasteiger partial charge in [0.25, 0.3) is 5.91 Å². The number of rotatable bonds is 8. The predicted molar refractivity (Wildman–Crippen MR) is 98.0 cm³/mol. The van der Waals surface area contributed by atoms with Gasteiger partial charge in [0.2, 0.25) is 0 Å². The highest BCUT2D eigenvalue weighted by Crippen LogP contribution is 2.29. The Hall–Kier alpha value is -2.53. The lowest BCUT2D eigenvalue weighted by Crippen LogP contribution is -3.08. The molecule has 5 nitrogen and oxygen atoms in total. The second kappa shape index (κ2) is 9.08. The molecule has 0 saturated heterocycles. The number of carbonyl (C=O) groups is 1. The van der Waals surface area contributed by atoms with Gasteiger partial charge in [-0.25, -0.2) is 0 Å². The van der Waals surface area contributed by atoms with Crippen LogP contribution in [0.5, 0.6) is 11.5 Å². The lowest BCUT2D eigenvalue weighted by Gasteiger charge is -2.19. The lowest BCUT2D eigenvalue weighted by atomic mass is 10.1. The highest BCUT2D eigenvalue weighted by molar-refractivity contribution is 5.77. The molecule has 0 heterocycles. The summed E-state index contributed by atoms with van der Waals surface area (Å²) in [5.74, 6) is 1.45. The maximum absolute atomic E-state index is 12.3. The van der Waals surface area contributed by atoms with Crippen molar-refractivity contribution in [1.29, 1.82) is 0 Å². The fraction of sp³-hybridized carbons (Fsp3) is 0.350. The van der Waals surface area contributed by atoms with Gasteiger partial charge < -0.3 is 19.7 Å². The molecule has 0 aromatic heterocycles. The van der Waals surface area contributed by atoms with Crippen molar-refractivity contribution in [3.63, 3.8) is 0 Å². The molecular formula is C20H27N2O3+. The molecule has 5 heteroatoms. The molecule has 0 bridgehead atoms. The molecule has 2 atom stereocenters. The average Bonchev–Trinajstić information content (AvgIpc) is 2.61. The van der Waals surface area contributed by atoms with Gasteiger partial charge >= 0.3 is 0 Å². The van der Waals surface area contributed by atoms with Crippen LogP contribution in [0.15, 0.2) is 48.5 Å². The van der Waals surface area contributed by atoms with Crippen LogP contribution in [0, 0.1) is 0 Å². The van der Waals surface area contributed by atoms with Crippen molar-refractivity contribution in [1.82, 2.24) is 5.32 Å². The maximum Gasteiger partial charge on any atom is 0.275 e. The third-order valence-electron chi connectivity index (χ3n) is 4.12. The van der Waals surface area contributed by atoms with Gasteiger partial charge in [-0.15, -0.1) is 0 Å². The molecule has 2 aromatic rings. The van der Waals surface area contributed by atoms with Gasteiger partial charge in [-0.05, 0) is 24.6 Å². The van der Waals surface area contributed by atoms with Crippen LogP contribution >= 0.6 is 0 Å². The Morgan fingerprint density at radius 2 is 1.80 bits per heavy atom. The molecule has 2 rings (SSSR count). The molecule has 0 radical (unpaired) electrons. The second-order valence-corrected chi connectivity index (χ2v) is 6.16. The Bertz CT molecular complexity index is 689. The highest BCUT2D eigenvalue weighted by Gasteiger charge is 2.17. The van der Waals surface area contributed by atoms with E-state index < -0.39 is 0 Å². The first-order chi connectivity index (χ1) is 12.0. The normalized spacial score (nSPS) is 13.0. The second-order valence-electron chi connectivity index (χ2n) is 6.16. The largest absolute Gasteiger partial charge is 0.493 e. The molecule has 0 fully saturated rings. The van der Waals surface area contributed by atoms with Gasteiger partial charge in [0.05, 0.1) is 32.9 Å². The first-order valence-corrected chi connectivity index (χ1v) is 8.40. The Morgan fingerprint density at radius 1 is 1.08 bits per heavy atom. The van der Waals surface area contributed by atoms with Crippen LogP contribution < -0.4 is 19.7 Å². The number of quaternary nitrogens is 1. The zero-order valence-electron chi connectivity index (χ0n) is 15.3. The topological polar surface area (TPSA) is 52.0 Å². The predicted octanol–water partition coefficient (Wildman–Crippen LogP) is 1.60. The van der Waals surface area contributed by atoms with Crippen LogP contribution in [-0.4, -0.2) is 33.7 Å². The summed E-state index contributed by atoms with van der Waals surface area (Å²) < 4.78 is 10.8. The number of methoxy groups -OCH3 is 2. The number of hydrogen-bond acceptors (Lipinski definition) is 3. The minimum absolute atomic E-state index is 0.00662. The first kappa shape index (κ1) is 18.8. The number of carbonyl (C=O) groups excluding carboxylic acids is 1. The zero-order chi connectivity index (χ0) is 18.2. The quantitative estimate of drug-likeness (QED) is 0.765. The zero-order valence-corrected chi connectivity index (χ0v) is 15.3. The van der Waals surface area contributed by atoms with E-state index in [2.05, 4.69) is 5.32 Å². The fourth-order valence-electron chi connectivity index (χ4n) is 2.87. The summed E-state index contributed by atoms with van der Waals surface area (Å²) >= 11 is 0. The van der Waals surface area contributed by atoms with E-state index in [0.717, 1.165) is 21.8 Å². The summed E-state index contributed by atoms with van der Waals surface area (Å²) in [6, 6.07) is 15.7. The summed E-state index contributed by atoms with van der Waals surface area (Å²) in [4.78, 5) is 13.4. The molecule has 0 aliphatic rings. The molecule has 0 aliphatic carbocycles. The Morgan fingerprint density at radius 3 is 2.44 bits per heavy atom. The summed E-state index contributed by atoms with van der Waals surface area (Å²) in [6.45, 7) is 3.05. The van der Waals surface area contributed by atoms with Gasteiger partial charge in [0.1, 0.15) is 6.54 Å². The van der Waals surface area contributed by atoms with Crippen LogP contribution in [0.1, 0.15) is 24.1 Å². The van der Waals surface area contributed by atoms with Crippen molar-refractivity contribution >= 4 is 5.91 Å². The van der Waals surface area contributed by atoms with Crippen LogP contribution in [0.4, 0.5) is 0 Å². The average molecular weight is 343 g/mol. The van der Waals surface area contributed by atoms with Gasteiger partial charge in [-0.1, -0.05) is 36.4 Å². The van der Waals surface area contributed by atoms with Gasteiger partial charge in [0.15, 0.2) is 18.0 Å². The number of para-hydroxylation sites is 1. The van der Waals surface area contributed by atoms with Crippen LogP contribution in [-0.2, 0) is 11.3 Å². The van der Waals surface area contributed by atoms with Crippen molar-refractivity contribution in [2.45, 2.75) is 19.5 Å². The minimum Gasteiger partial charge on any atom is -0.493 e. The van der Waals surface area contributed by atoms with E-state index in [1.54, 1.807) is 14.2 Å². The molecule has 134 valence electrons. The lowest BCUT2D eigenvalue weighted by molar-refractivity contribution is -0.885. The number of hydrogen-bond donors (Lipinski definition) is 2. The van der Waals surface area contributed by atoms with Crippen molar-refractivity contribution in [2.75, 3.05) is 27.8 Å². The molecule has 25 heavy (non-hydrogen) atoms. The molecule has 1 unspecified atom stereocenters. The SMILES string of the molecule is COc1cccc(C[NH+](C)CC(=O)N[C@@H](C)c2ccccc2)c1OC. The number of likely N-dealkylation sites (N-methyl/N-ethyl adjacent to an activating group) is 1. The van der Waals surface area contributed by atoms with Crippen molar-refractivity contribution in [3.8, 4) is 11.5 Å². The molecular weight excluding hydrogens is 316 g/mol. The number of nitrogens with one attached hydrogen (secondary N) is 2. The van der Waals surface area contributed by atoms with Crippen molar-refractivity contribution in [2.24, 2.45) is 0 Å². The minimum atomic E-state index is -0.00662. The number of ether oxygens (including phenoxy) is 2. The molecule has 1 amide bonds. The van der Waals surface area contributed by atoms with E-state index in [9.17, 15) is 4.79 Å². The van der Waals surface area contributed by atoms with Crippen LogP contribution in [0.2, 0.25) is 0 Å². The highest BCUT2D eigenvalue weighted by atomic mass is 16.5. The first-order valence-electron chi connectivity index (χ1n) is 8.40. The van der Waals surface area contributed by atoms with Crippen LogP contribution in [0.25, 0.3) is 0 Å². The smallest absolute Gasteiger partial charge is 0.275 e. The van der Waals surface area contributed by atoms with Crippen molar-refractivity contribution in [3.05, 3.63) is 59.7 Å². The van der Waals surface area contributed by atoms with E-state index >= 15 is 0 Å². The molecule has 0 spiro atoms. The van der Waals surface area contributed by atoms with E-state index in [-0.39, 0.29) is 11.9 Å². The van der Waals surface area contributed by atoms with Gasteiger partial charge in [-0.3, -0.25) is 4.79 Å². The summed E-state index contributed by atoms with van der Waals surface area (Å²) in [5.41, 5.74) is 2.12.